The summed E-state index contributed by atoms with van der Waals surface area (Å²) in [4.78, 5) is 8.43. The second-order valence-electron chi connectivity index (χ2n) is 2.99. The van der Waals surface area contributed by atoms with Gasteiger partial charge in [0, 0.05) is 22.8 Å². The highest BCUT2D eigenvalue weighted by Gasteiger charge is 2.35. The molecule has 0 fully saturated rings. The van der Waals surface area contributed by atoms with Crippen molar-refractivity contribution in [3.63, 3.8) is 0 Å². The Labute approximate surface area is 116 Å². The van der Waals surface area contributed by atoms with E-state index >= 15 is 0 Å². The number of nitro benzene ring substituents is 1. The molecule has 1 aromatic rings. The number of benzene rings is 1. The molecule has 0 saturated carbocycles. The zero-order valence-electron chi connectivity index (χ0n) is 8.44. The monoisotopic (exact) mass is 383 g/mol. The molecule has 106 valence electrons. The Morgan fingerprint density at radius 1 is 1.37 bits per heavy atom. The van der Waals surface area contributed by atoms with E-state index < -0.39 is 36.7 Å². The van der Waals surface area contributed by atoms with Gasteiger partial charge in [-0.1, -0.05) is 0 Å². The summed E-state index contributed by atoms with van der Waals surface area (Å²) in [6, 6.07) is 0.869. The molecule has 0 aliphatic heterocycles. The first kappa shape index (κ1) is 16.0. The van der Waals surface area contributed by atoms with Gasteiger partial charge in [-0.2, -0.15) is 0 Å². The topological polar surface area (TPSA) is 86.5 Å². The highest BCUT2D eigenvalue weighted by atomic mass is 79.9. The molecule has 0 saturated heterocycles. The van der Waals surface area contributed by atoms with Crippen molar-refractivity contribution >= 4 is 41.4 Å². The van der Waals surface area contributed by atoms with Crippen LogP contribution in [-0.4, -0.2) is 19.7 Å². The first-order valence-corrected chi connectivity index (χ1v) is 7.20. The lowest BCUT2D eigenvalue weighted by atomic mass is 10.3. The quantitative estimate of drug-likeness (QED) is 0.454. The molecule has 12 heteroatoms. The minimum Gasteiger partial charge on any atom is -0.404 e. The van der Waals surface area contributed by atoms with Gasteiger partial charge >= 0.3 is 6.36 Å². The third-order valence-corrected chi connectivity index (χ3v) is 3.68. The van der Waals surface area contributed by atoms with Crippen molar-refractivity contribution in [2.45, 2.75) is 11.3 Å². The zero-order valence-corrected chi connectivity index (χ0v) is 11.6. The van der Waals surface area contributed by atoms with Crippen LogP contribution in [0.2, 0.25) is 0 Å². The lowest BCUT2D eigenvalue weighted by Gasteiger charge is -2.12. The molecule has 0 heterocycles. The Bertz CT molecular complexity index is 632. The van der Waals surface area contributed by atoms with Crippen LogP contribution >= 0.6 is 26.6 Å². The molecule has 0 aliphatic carbocycles. The molecule has 0 unspecified atom stereocenters. The van der Waals surface area contributed by atoms with E-state index in [0.29, 0.717) is 12.1 Å². The van der Waals surface area contributed by atoms with Crippen LogP contribution in [0.4, 0.5) is 18.9 Å². The summed E-state index contributed by atoms with van der Waals surface area (Å²) in [5.41, 5.74) is -0.770. The largest absolute Gasteiger partial charge is 0.573 e. The number of nitro groups is 1. The van der Waals surface area contributed by atoms with Gasteiger partial charge in [-0.15, -0.1) is 13.2 Å². The van der Waals surface area contributed by atoms with Crippen molar-refractivity contribution < 1.29 is 31.2 Å². The normalized spacial score (nSPS) is 12.3. The van der Waals surface area contributed by atoms with E-state index in [2.05, 4.69) is 20.7 Å². The van der Waals surface area contributed by atoms with E-state index in [0.717, 1.165) is 0 Å². The fraction of sp³-hybridized carbons (Fsp3) is 0.143. The highest BCUT2D eigenvalue weighted by Crippen LogP contribution is 2.38. The second kappa shape index (κ2) is 5.13. The van der Waals surface area contributed by atoms with E-state index in [-0.39, 0.29) is 4.47 Å². The smallest absolute Gasteiger partial charge is 0.404 e. The molecule has 0 atom stereocenters. The molecule has 0 spiro atoms. The second-order valence-corrected chi connectivity index (χ2v) is 6.38. The Morgan fingerprint density at radius 2 is 1.89 bits per heavy atom. The molecule has 0 radical (unpaired) electrons. The molecule has 19 heavy (non-hydrogen) atoms. The number of hydrogen-bond acceptors (Lipinski definition) is 5. The zero-order chi connectivity index (χ0) is 15.0. The fourth-order valence-electron chi connectivity index (χ4n) is 1.06. The lowest BCUT2D eigenvalue weighted by Crippen LogP contribution is -2.18. The number of ether oxygens (including phenoxy) is 1. The van der Waals surface area contributed by atoms with E-state index in [1.807, 2.05) is 0 Å². The van der Waals surface area contributed by atoms with Crippen molar-refractivity contribution in [1.29, 1.82) is 0 Å². The lowest BCUT2D eigenvalue weighted by molar-refractivity contribution is -0.386. The molecule has 6 nitrogen and oxygen atoms in total. The fourth-order valence-corrected chi connectivity index (χ4v) is 2.48. The van der Waals surface area contributed by atoms with Crippen molar-refractivity contribution in [1.82, 2.24) is 0 Å². The molecular formula is C7H2BrClF3NO5S. The first-order valence-electron chi connectivity index (χ1n) is 4.10. The van der Waals surface area contributed by atoms with Crippen molar-refractivity contribution in [3.8, 4) is 5.75 Å². The maximum absolute atomic E-state index is 12.1. The maximum atomic E-state index is 12.1. The Kier molecular flexibility index (Phi) is 4.32. The van der Waals surface area contributed by atoms with Gasteiger partial charge in [0.2, 0.25) is 0 Å². The van der Waals surface area contributed by atoms with Crippen LogP contribution in [0.15, 0.2) is 21.5 Å². The third-order valence-electron chi connectivity index (χ3n) is 1.70. The summed E-state index contributed by atoms with van der Waals surface area (Å²) < 4.78 is 61.6. The number of rotatable bonds is 3. The van der Waals surface area contributed by atoms with Gasteiger partial charge < -0.3 is 4.74 Å². The van der Waals surface area contributed by atoms with Crippen molar-refractivity contribution in [2.24, 2.45) is 0 Å². The summed E-state index contributed by atoms with van der Waals surface area (Å²) >= 11 is 2.63. The number of halogens is 5. The van der Waals surface area contributed by atoms with E-state index in [1.54, 1.807) is 0 Å². The van der Waals surface area contributed by atoms with Crippen molar-refractivity contribution in [2.75, 3.05) is 0 Å². The average molecular weight is 385 g/mol. The summed E-state index contributed by atoms with van der Waals surface area (Å²) in [6.45, 7) is 0. The van der Waals surface area contributed by atoms with Gasteiger partial charge in [0.05, 0.1) is 9.40 Å². The standard InChI is InChI=1S/C7H2BrClF3NO5S/c8-3-1-5(18-7(10,11)12)6(19(9,16)17)2-4(3)13(14)15/h1-2H. The van der Waals surface area contributed by atoms with Gasteiger partial charge in [-0.05, 0) is 15.9 Å². The van der Waals surface area contributed by atoms with E-state index in [9.17, 15) is 31.7 Å². The average Bonchev–Trinajstić information content (AvgIpc) is 2.11. The van der Waals surface area contributed by atoms with Crippen LogP contribution in [0.3, 0.4) is 0 Å². The summed E-state index contributed by atoms with van der Waals surface area (Å²) in [5, 5.41) is 10.6. The van der Waals surface area contributed by atoms with Crippen molar-refractivity contribution in [3.05, 3.63) is 26.7 Å². The molecule has 0 N–H and O–H groups in total. The van der Waals surface area contributed by atoms with Crippen LogP contribution in [0.1, 0.15) is 0 Å². The molecular weight excluding hydrogens is 382 g/mol. The SMILES string of the molecule is O=[N+]([O-])c1cc(S(=O)(=O)Cl)c(OC(F)(F)F)cc1Br. The van der Waals surface area contributed by atoms with Crippen LogP contribution in [0.25, 0.3) is 0 Å². The van der Waals surface area contributed by atoms with E-state index in [1.165, 1.54) is 0 Å². The van der Waals surface area contributed by atoms with Gasteiger partial charge in [-0.25, -0.2) is 8.42 Å². The summed E-state index contributed by atoms with van der Waals surface area (Å²) in [7, 11) is 0.252. The maximum Gasteiger partial charge on any atom is 0.573 e. The predicted octanol–water partition coefficient (Wildman–Crippen LogP) is 3.18. The van der Waals surface area contributed by atoms with Gasteiger partial charge in [-0.3, -0.25) is 10.1 Å². The minimum absolute atomic E-state index is 0.369. The highest BCUT2D eigenvalue weighted by molar-refractivity contribution is 9.10. The molecule has 0 bridgehead atoms. The van der Waals surface area contributed by atoms with Crippen LogP contribution in [0.5, 0.6) is 5.75 Å². The predicted molar refractivity (Wildman–Crippen MR) is 60.5 cm³/mol. The number of alkyl halides is 3. The Morgan fingerprint density at radius 3 is 2.26 bits per heavy atom. The van der Waals surface area contributed by atoms with Gasteiger partial charge in [0.25, 0.3) is 14.7 Å². The molecule has 0 aliphatic rings. The molecule has 1 aromatic carbocycles. The minimum atomic E-state index is -5.17. The van der Waals surface area contributed by atoms with Crippen LogP contribution in [-0.2, 0) is 9.05 Å². The number of hydrogen-bond donors (Lipinski definition) is 0. The van der Waals surface area contributed by atoms with Crippen LogP contribution < -0.4 is 4.74 Å². The van der Waals surface area contributed by atoms with Gasteiger partial charge in [0.1, 0.15) is 4.90 Å². The van der Waals surface area contributed by atoms with E-state index in [4.69, 9.17) is 10.7 Å². The summed E-state index contributed by atoms with van der Waals surface area (Å²) in [5.74, 6) is -1.17. The molecule has 0 amide bonds. The Balaban J connectivity index is 3.55. The van der Waals surface area contributed by atoms with Gasteiger partial charge in [0.15, 0.2) is 5.75 Å². The summed E-state index contributed by atoms with van der Waals surface area (Å²) in [6.07, 6.45) is -5.17. The first-order chi connectivity index (χ1) is 8.42. The molecule has 1 rings (SSSR count). The Hall–Kier alpha value is -1.07. The third kappa shape index (κ3) is 4.21. The van der Waals surface area contributed by atoms with Crippen LogP contribution in [0, 0.1) is 10.1 Å². The molecule has 0 aromatic heterocycles. The number of nitrogens with zero attached hydrogens (tertiary/aromatic N) is 1.